The molecule has 0 atom stereocenters. The van der Waals surface area contributed by atoms with E-state index >= 15 is 0 Å². The van der Waals surface area contributed by atoms with E-state index in [0.717, 1.165) is 31.4 Å². The van der Waals surface area contributed by atoms with Crippen LogP contribution in [0.15, 0.2) is 12.2 Å². The summed E-state index contributed by atoms with van der Waals surface area (Å²) in [5, 5.41) is 11.3. The van der Waals surface area contributed by atoms with Crippen LogP contribution in [0.4, 0.5) is 0 Å². The van der Waals surface area contributed by atoms with Gasteiger partial charge >= 0.3 is 5.97 Å². The molecule has 1 aliphatic carbocycles. The van der Waals surface area contributed by atoms with Crippen LogP contribution in [0.2, 0.25) is 0 Å². The Labute approximate surface area is 108 Å². The Morgan fingerprint density at radius 2 is 1.89 bits per heavy atom. The molecule has 4 heteroatoms. The highest BCUT2D eigenvalue weighted by Crippen LogP contribution is 2.42. The minimum atomic E-state index is -1.09. The molecule has 0 aromatic rings. The molecule has 1 amide bonds. The lowest BCUT2D eigenvalue weighted by Crippen LogP contribution is -2.36. The zero-order valence-electron chi connectivity index (χ0n) is 11.2. The molecule has 0 unspecified atom stereocenters. The Bertz CT molecular complexity index is 328. The highest BCUT2D eigenvalue weighted by Gasteiger charge is 2.34. The van der Waals surface area contributed by atoms with Gasteiger partial charge in [-0.05, 0) is 30.6 Å². The second kappa shape index (κ2) is 6.57. The fourth-order valence-electron chi connectivity index (χ4n) is 2.92. The van der Waals surface area contributed by atoms with Gasteiger partial charge in [0.25, 0.3) is 0 Å². The summed E-state index contributed by atoms with van der Waals surface area (Å²) < 4.78 is 0. The molecule has 0 aromatic carbocycles. The molecule has 4 nitrogen and oxygen atoms in total. The van der Waals surface area contributed by atoms with Crippen molar-refractivity contribution in [2.75, 3.05) is 6.54 Å². The average Bonchev–Trinajstić information content (AvgIpc) is 2.71. The molecule has 0 radical (unpaired) electrons. The third kappa shape index (κ3) is 4.90. The Morgan fingerprint density at radius 1 is 1.28 bits per heavy atom. The maximum atomic E-state index is 11.5. The second-order valence-electron chi connectivity index (χ2n) is 5.69. The predicted molar refractivity (Wildman–Crippen MR) is 70.1 cm³/mol. The predicted octanol–water partition coefficient (Wildman–Crippen LogP) is 2.35. The van der Waals surface area contributed by atoms with Crippen molar-refractivity contribution in [3.8, 4) is 0 Å². The third-order valence-corrected chi connectivity index (χ3v) is 3.52. The summed E-state index contributed by atoms with van der Waals surface area (Å²) in [7, 11) is 0. The van der Waals surface area contributed by atoms with E-state index in [1.54, 1.807) is 0 Å². The summed E-state index contributed by atoms with van der Waals surface area (Å²) >= 11 is 0. The molecule has 1 aliphatic rings. The van der Waals surface area contributed by atoms with Gasteiger partial charge in [0.05, 0.1) is 0 Å². The first-order valence-corrected chi connectivity index (χ1v) is 6.62. The van der Waals surface area contributed by atoms with Crippen molar-refractivity contribution in [1.29, 1.82) is 0 Å². The van der Waals surface area contributed by atoms with Crippen molar-refractivity contribution in [1.82, 2.24) is 5.32 Å². The number of amides is 1. The van der Waals surface area contributed by atoms with Crippen LogP contribution < -0.4 is 5.32 Å². The normalized spacial score (nSPS) is 18.4. The lowest BCUT2D eigenvalue weighted by molar-refractivity contribution is -0.131. The van der Waals surface area contributed by atoms with Crippen LogP contribution in [0.1, 0.15) is 46.0 Å². The molecular weight excluding hydrogens is 230 g/mol. The minimum absolute atomic E-state index is 0.223. The topological polar surface area (TPSA) is 66.4 Å². The standard InChI is InChI=1S/C14H23NO3/c1-11(2)9-14(7-3-4-8-14)10-15-12(16)5-6-13(17)18/h5-6,11H,3-4,7-10H2,1-2H3,(H,15,16)(H,17,18). The maximum Gasteiger partial charge on any atom is 0.328 e. The van der Waals surface area contributed by atoms with Crippen molar-refractivity contribution in [3.05, 3.63) is 12.2 Å². The van der Waals surface area contributed by atoms with E-state index in [4.69, 9.17) is 5.11 Å². The molecule has 102 valence electrons. The van der Waals surface area contributed by atoms with Gasteiger partial charge < -0.3 is 10.4 Å². The number of hydrogen-bond acceptors (Lipinski definition) is 2. The number of rotatable bonds is 6. The summed E-state index contributed by atoms with van der Waals surface area (Å²) in [5.41, 5.74) is 0.223. The van der Waals surface area contributed by atoms with Crippen LogP contribution in [0.25, 0.3) is 0 Å². The smallest absolute Gasteiger partial charge is 0.328 e. The lowest BCUT2D eigenvalue weighted by Gasteiger charge is -2.31. The van der Waals surface area contributed by atoms with Gasteiger partial charge in [0.1, 0.15) is 0 Å². The number of hydrogen-bond donors (Lipinski definition) is 2. The molecule has 0 bridgehead atoms. The van der Waals surface area contributed by atoms with Crippen LogP contribution in [0, 0.1) is 11.3 Å². The van der Waals surface area contributed by atoms with Crippen molar-refractivity contribution in [2.45, 2.75) is 46.0 Å². The SMILES string of the molecule is CC(C)CC1(CNC(=O)C=CC(=O)O)CCCC1. The number of carboxylic acids is 1. The largest absolute Gasteiger partial charge is 0.478 e. The number of carbonyl (C=O) groups excluding carboxylic acids is 1. The highest BCUT2D eigenvalue weighted by molar-refractivity contribution is 5.93. The monoisotopic (exact) mass is 253 g/mol. The van der Waals surface area contributed by atoms with Gasteiger partial charge in [-0.2, -0.15) is 0 Å². The molecule has 18 heavy (non-hydrogen) atoms. The Kier molecular flexibility index (Phi) is 5.38. The van der Waals surface area contributed by atoms with E-state index in [1.165, 1.54) is 12.8 Å². The molecular formula is C14H23NO3. The van der Waals surface area contributed by atoms with E-state index in [2.05, 4.69) is 19.2 Å². The number of nitrogens with one attached hydrogen (secondary N) is 1. The van der Waals surface area contributed by atoms with Gasteiger partial charge in [0, 0.05) is 18.7 Å². The van der Waals surface area contributed by atoms with Gasteiger partial charge in [-0.15, -0.1) is 0 Å². The molecule has 1 saturated carbocycles. The van der Waals surface area contributed by atoms with E-state index in [1.807, 2.05) is 0 Å². The van der Waals surface area contributed by atoms with Crippen molar-refractivity contribution in [2.24, 2.45) is 11.3 Å². The molecule has 0 heterocycles. The molecule has 0 saturated heterocycles. The number of carboxylic acid groups (broad SMARTS) is 1. The molecule has 1 fully saturated rings. The summed E-state index contributed by atoms with van der Waals surface area (Å²) in [6.07, 6.45) is 7.86. The molecule has 1 rings (SSSR count). The van der Waals surface area contributed by atoms with Gasteiger partial charge in [0.2, 0.25) is 5.91 Å². The minimum Gasteiger partial charge on any atom is -0.478 e. The second-order valence-corrected chi connectivity index (χ2v) is 5.69. The highest BCUT2D eigenvalue weighted by atomic mass is 16.4. The van der Waals surface area contributed by atoms with E-state index in [9.17, 15) is 9.59 Å². The van der Waals surface area contributed by atoms with Gasteiger partial charge in [-0.1, -0.05) is 26.7 Å². The van der Waals surface area contributed by atoms with Crippen LogP contribution in [0.3, 0.4) is 0 Å². The molecule has 0 spiro atoms. The Morgan fingerprint density at radius 3 is 2.39 bits per heavy atom. The maximum absolute atomic E-state index is 11.5. The fourth-order valence-corrected chi connectivity index (χ4v) is 2.92. The first-order valence-electron chi connectivity index (χ1n) is 6.62. The summed E-state index contributed by atoms with van der Waals surface area (Å²) in [4.78, 5) is 21.8. The molecule has 0 aromatic heterocycles. The molecule has 2 N–H and O–H groups in total. The van der Waals surface area contributed by atoms with Crippen molar-refractivity contribution in [3.63, 3.8) is 0 Å². The summed E-state index contributed by atoms with van der Waals surface area (Å²) in [6.45, 7) is 5.06. The van der Waals surface area contributed by atoms with E-state index in [-0.39, 0.29) is 11.3 Å². The lowest BCUT2D eigenvalue weighted by atomic mass is 9.78. The molecule has 0 aliphatic heterocycles. The zero-order valence-corrected chi connectivity index (χ0v) is 11.2. The van der Waals surface area contributed by atoms with Crippen LogP contribution in [0.5, 0.6) is 0 Å². The third-order valence-electron chi connectivity index (χ3n) is 3.52. The summed E-state index contributed by atoms with van der Waals surface area (Å²) in [6, 6.07) is 0. The van der Waals surface area contributed by atoms with Crippen molar-refractivity contribution < 1.29 is 14.7 Å². The zero-order chi connectivity index (χ0) is 13.6. The van der Waals surface area contributed by atoms with Gasteiger partial charge in [0.15, 0.2) is 0 Å². The first-order chi connectivity index (χ1) is 8.43. The van der Waals surface area contributed by atoms with Crippen molar-refractivity contribution >= 4 is 11.9 Å². The van der Waals surface area contributed by atoms with Gasteiger partial charge in [-0.3, -0.25) is 4.79 Å². The quantitative estimate of drug-likeness (QED) is 0.714. The Hall–Kier alpha value is -1.32. The Balaban J connectivity index is 2.47. The van der Waals surface area contributed by atoms with Crippen LogP contribution >= 0.6 is 0 Å². The van der Waals surface area contributed by atoms with Gasteiger partial charge in [-0.25, -0.2) is 4.79 Å². The fraction of sp³-hybridized carbons (Fsp3) is 0.714. The summed E-state index contributed by atoms with van der Waals surface area (Å²) in [5.74, 6) is -0.787. The first kappa shape index (κ1) is 14.7. The number of carbonyl (C=O) groups is 2. The van der Waals surface area contributed by atoms with Crippen LogP contribution in [-0.2, 0) is 9.59 Å². The van der Waals surface area contributed by atoms with E-state index < -0.39 is 5.97 Å². The average molecular weight is 253 g/mol. The van der Waals surface area contributed by atoms with E-state index in [0.29, 0.717) is 12.5 Å². The number of aliphatic carboxylic acids is 1. The van der Waals surface area contributed by atoms with Crippen LogP contribution in [-0.4, -0.2) is 23.5 Å².